The van der Waals surface area contributed by atoms with Gasteiger partial charge in [0.25, 0.3) is 0 Å². The Labute approximate surface area is 289 Å². The van der Waals surface area contributed by atoms with E-state index in [2.05, 4.69) is 184 Å². The molecule has 0 aliphatic rings. The van der Waals surface area contributed by atoms with Gasteiger partial charge in [0, 0.05) is 21.6 Å². The highest BCUT2D eigenvalue weighted by Gasteiger charge is 2.08. The van der Waals surface area contributed by atoms with Crippen molar-refractivity contribution in [3.05, 3.63) is 116 Å². The Bertz CT molecular complexity index is 1200. The maximum atomic E-state index is 5.61. The van der Waals surface area contributed by atoms with Crippen molar-refractivity contribution in [2.75, 3.05) is 0 Å². The Balaban J connectivity index is 0.000000307. The van der Waals surface area contributed by atoms with Crippen molar-refractivity contribution in [1.29, 1.82) is 0 Å². The lowest BCUT2D eigenvalue weighted by Crippen LogP contribution is -1.91. The minimum atomic E-state index is 0.502. The Morgan fingerprint density at radius 3 is 0.891 bits per heavy atom. The molecule has 2 heteroatoms. The van der Waals surface area contributed by atoms with Crippen LogP contribution in [0.1, 0.15) is 202 Å². The highest BCUT2D eigenvalue weighted by Crippen LogP contribution is 2.29. The first kappa shape index (κ1) is 41.4. The van der Waals surface area contributed by atoms with Crippen LogP contribution in [-0.4, -0.2) is 0 Å². The highest BCUT2D eigenvalue weighted by atomic mass is 32.1. The Morgan fingerprint density at radius 1 is 0.348 bits per heavy atom. The summed E-state index contributed by atoms with van der Waals surface area (Å²) in [4.78, 5) is 3.02. The van der Waals surface area contributed by atoms with E-state index in [0.717, 1.165) is 11.5 Å². The summed E-state index contributed by atoms with van der Waals surface area (Å²) in [5, 5.41) is 0. The fourth-order valence-corrected chi connectivity index (χ4v) is 5.54. The van der Waals surface area contributed by atoms with Gasteiger partial charge in [-0.3, -0.25) is 0 Å². The molecule has 0 unspecified atom stereocenters. The summed E-state index contributed by atoms with van der Waals surface area (Å²) in [5.41, 5.74) is 5.75. The molecule has 0 N–H and O–H groups in total. The zero-order valence-electron chi connectivity index (χ0n) is 32.4. The molecule has 0 aliphatic carbocycles. The van der Waals surface area contributed by atoms with Gasteiger partial charge in [0.05, 0.1) is 0 Å². The standard InChI is InChI=1S/2C12H18.C10H16O.C10H16S/c1-9(2)11-5-7-12(8-6-11)10(3)4;1-9(2)11-6-5-7-12(8-11)10(3)4;2*1-7(2)9-5-6-10(11-9)8(3)4/h2*5-10H,1-4H3;2*5-8H,1-4H3. The van der Waals surface area contributed by atoms with E-state index in [0.29, 0.717) is 47.3 Å². The van der Waals surface area contributed by atoms with Crippen molar-refractivity contribution < 1.29 is 4.42 Å². The summed E-state index contributed by atoms with van der Waals surface area (Å²) in [5.74, 6) is 7.14. The van der Waals surface area contributed by atoms with E-state index in [1.807, 2.05) is 11.3 Å². The van der Waals surface area contributed by atoms with Gasteiger partial charge in [-0.05, 0) is 82.0 Å². The lowest BCUT2D eigenvalue weighted by Gasteiger charge is -2.09. The molecule has 0 saturated carbocycles. The first-order valence-corrected chi connectivity index (χ1v) is 18.6. The van der Waals surface area contributed by atoms with Gasteiger partial charge >= 0.3 is 0 Å². The Morgan fingerprint density at radius 2 is 0.674 bits per heavy atom. The van der Waals surface area contributed by atoms with Crippen LogP contribution in [0.3, 0.4) is 0 Å². The van der Waals surface area contributed by atoms with Crippen molar-refractivity contribution in [3.8, 4) is 0 Å². The average molecular weight is 645 g/mol. The molecule has 0 bridgehead atoms. The van der Waals surface area contributed by atoms with E-state index in [1.165, 1.54) is 32.0 Å². The fourth-order valence-electron chi connectivity index (χ4n) is 4.52. The second-order valence-electron chi connectivity index (χ2n) is 15.1. The largest absolute Gasteiger partial charge is 0.466 e. The molecule has 2 aromatic heterocycles. The highest BCUT2D eigenvalue weighted by molar-refractivity contribution is 7.12. The quantitative estimate of drug-likeness (QED) is 0.186. The zero-order chi connectivity index (χ0) is 35.1. The number of thiophene rings is 1. The van der Waals surface area contributed by atoms with E-state index < -0.39 is 0 Å². The maximum Gasteiger partial charge on any atom is 0.106 e. The third kappa shape index (κ3) is 14.9. The molecule has 0 radical (unpaired) electrons. The summed E-state index contributed by atoms with van der Waals surface area (Å²) in [6.07, 6.45) is 0. The third-order valence-corrected chi connectivity index (χ3v) is 9.77. The zero-order valence-corrected chi connectivity index (χ0v) is 33.2. The molecule has 0 spiro atoms. The van der Waals surface area contributed by atoms with Crippen LogP contribution in [0.15, 0.2) is 77.2 Å². The molecule has 0 atom stereocenters. The molecular weight excluding hydrogens is 577 g/mol. The molecule has 0 amide bonds. The third-order valence-electron chi connectivity index (χ3n) is 8.09. The molecule has 2 aromatic carbocycles. The Kier molecular flexibility index (Phi) is 18.6. The van der Waals surface area contributed by atoms with Crippen LogP contribution in [0.2, 0.25) is 0 Å². The molecule has 0 fully saturated rings. The van der Waals surface area contributed by atoms with Crippen molar-refractivity contribution in [3.63, 3.8) is 0 Å². The van der Waals surface area contributed by atoms with E-state index >= 15 is 0 Å². The lowest BCUT2D eigenvalue weighted by atomic mass is 9.96. The summed E-state index contributed by atoms with van der Waals surface area (Å²) in [7, 11) is 0. The van der Waals surface area contributed by atoms with Gasteiger partial charge in [-0.2, -0.15) is 0 Å². The summed E-state index contributed by atoms with van der Waals surface area (Å²) in [6.45, 7) is 35.4. The van der Waals surface area contributed by atoms with Crippen LogP contribution in [0, 0.1) is 0 Å². The second-order valence-corrected chi connectivity index (χ2v) is 16.2. The number of benzene rings is 2. The number of hydrogen-bond donors (Lipinski definition) is 0. The normalized spacial score (nSPS) is 11.3. The second kappa shape index (κ2) is 20.6. The number of furan rings is 1. The Hall–Kier alpha value is -2.58. The first-order valence-electron chi connectivity index (χ1n) is 17.8. The van der Waals surface area contributed by atoms with Gasteiger partial charge in [0.15, 0.2) is 0 Å². The molecule has 2 heterocycles. The molecule has 256 valence electrons. The molecule has 0 saturated heterocycles. The smallest absolute Gasteiger partial charge is 0.106 e. The van der Waals surface area contributed by atoms with Crippen molar-refractivity contribution in [2.24, 2.45) is 0 Å². The predicted octanol–water partition coefficient (Wildman–Crippen LogP) is 15.4. The van der Waals surface area contributed by atoms with Gasteiger partial charge in [0.2, 0.25) is 0 Å². The average Bonchev–Trinajstić information content (AvgIpc) is 3.70. The molecular formula is C44H68OS. The van der Waals surface area contributed by atoms with Crippen LogP contribution in [-0.2, 0) is 0 Å². The number of hydrogen-bond acceptors (Lipinski definition) is 2. The minimum Gasteiger partial charge on any atom is -0.466 e. The van der Waals surface area contributed by atoms with Gasteiger partial charge in [-0.1, -0.05) is 159 Å². The van der Waals surface area contributed by atoms with E-state index in [4.69, 9.17) is 4.42 Å². The molecule has 1 nitrogen and oxygen atoms in total. The first-order chi connectivity index (χ1) is 21.4. The van der Waals surface area contributed by atoms with Gasteiger partial charge in [-0.25, -0.2) is 0 Å². The van der Waals surface area contributed by atoms with Gasteiger partial charge in [-0.15, -0.1) is 11.3 Å². The summed E-state index contributed by atoms with van der Waals surface area (Å²) >= 11 is 1.95. The topological polar surface area (TPSA) is 13.1 Å². The van der Waals surface area contributed by atoms with Crippen molar-refractivity contribution in [1.82, 2.24) is 0 Å². The van der Waals surface area contributed by atoms with Crippen LogP contribution >= 0.6 is 11.3 Å². The van der Waals surface area contributed by atoms with Crippen molar-refractivity contribution >= 4 is 11.3 Å². The van der Waals surface area contributed by atoms with E-state index in [-0.39, 0.29) is 0 Å². The van der Waals surface area contributed by atoms with Crippen LogP contribution < -0.4 is 0 Å². The van der Waals surface area contributed by atoms with Crippen LogP contribution in [0.5, 0.6) is 0 Å². The van der Waals surface area contributed by atoms with Crippen LogP contribution in [0.4, 0.5) is 0 Å². The fraction of sp³-hybridized carbons (Fsp3) is 0.545. The summed E-state index contributed by atoms with van der Waals surface area (Å²) in [6, 6.07) is 26.5. The molecule has 46 heavy (non-hydrogen) atoms. The predicted molar refractivity (Wildman–Crippen MR) is 209 cm³/mol. The van der Waals surface area contributed by atoms with Crippen molar-refractivity contribution in [2.45, 2.75) is 158 Å². The van der Waals surface area contributed by atoms with E-state index in [1.54, 1.807) is 0 Å². The molecule has 4 rings (SSSR count). The monoisotopic (exact) mass is 644 g/mol. The summed E-state index contributed by atoms with van der Waals surface area (Å²) < 4.78 is 5.61. The molecule has 0 aliphatic heterocycles. The minimum absolute atomic E-state index is 0.502. The lowest BCUT2D eigenvalue weighted by molar-refractivity contribution is 0.432. The van der Waals surface area contributed by atoms with Gasteiger partial charge < -0.3 is 4.42 Å². The maximum absolute atomic E-state index is 5.61. The number of rotatable bonds is 8. The van der Waals surface area contributed by atoms with Gasteiger partial charge in [0.1, 0.15) is 11.5 Å². The molecule has 4 aromatic rings. The van der Waals surface area contributed by atoms with E-state index in [9.17, 15) is 0 Å². The SMILES string of the molecule is CC(C)c1ccc(C(C)C)cc1.CC(C)c1ccc(C(C)C)o1.CC(C)c1ccc(C(C)C)s1.CC(C)c1cccc(C(C)C)c1. The van der Waals surface area contributed by atoms with Crippen LogP contribution in [0.25, 0.3) is 0 Å².